The summed E-state index contributed by atoms with van der Waals surface area (Å²) in [5.41, 5.74) is 2.08. The van der Waals surface area contributed by atoms with Crippen molar-refractivity contribution in [1.29, 1.82) is 5.26 Å². The predicted molar refractivity (Wildman–Crippen MR) is 124 cm³/mol. The van der Waals surface area contributed by atoms with Gasteiger partial charge in [0.25, 0.3) is 5.91 Å². The van der Waals surface area contributed by atoms with Crippen molar-refractivity contribution in [2.75, 3.05) is 19.6 Å². The molecule has 2 amide bonds. The summed E-state index contributed by atoms with van der Waals surface area (Å²) in [5, 5.41) is 12.4. The highest BCUT2D eigenvalue weighted by atomic mass is 16.6. The summed E-state index contributed by atoms with van der Waals surface area (Å²) in [6.45, 7) is 7.50. The molecule has 3 rings (SSSR count). The highest BCUT2D eigenvalue weighted by Gasteiger charge is 2.27. The molecule has 0 bridgehead atoms. The smallest absolute Gasteiger partial charge is 0.410 e. The van der Waals surface area contributed by atoms with E-state index in [-0.39, 0.29) is 12.0 Å². The first-order chi connectivity index (χ1) is 15.3. The van der Waals surface area contributed by atoms with Crippen LogP contribution in [-0.4, -0.2) is 42.1 Å². The van der Waals surface area contributed by atoms with Gasteiger partial charge in [-0.25, -0.2) is 4.79 Å². The van der Waals surface area contributed by atoms with E-state index in [1.54, 1.807) is 17.0 Å². The number of likely N-dealkylation sites (tertiary alicyclic amines) is 1. The molecular weight excluding hydrogens is 402 g/mol. The Morgan fingerprint density at radius 3 is 2.53 bits per heavy atom. The lowest BCUT2D eigenvalue weighted by Crippen LogP contribution is -2.43. The van der Waals surface area contributed by atoms with Crippen molar-refractivity contribution in [2.24, 2.45) is 5.92 Å². The Morgan fingerprint density at radius 2 is 1.81 bits per heavy atom. The molecule has 2 aromatic rings. The number of carbonyl (C=O) groups excluding carboxylic acids is 2. The van der Waals surface area contributed by atoms with Gasteiger partial charge in [-0.2, -0.15) is 5.26 Å². The van der Waals surface area contributed by atoms with Crippen LogP contribution in [0.4, 0.5) is 4.79 Å². The predicted octanol–water partition coefficient (Wildman–Crippen LogP) is 4.99. The van der Waals surface area contributed by atoms with Gasteiger partial charge >= 0.3 is 6.09 Å². The van der Waals surface area contributed by atoms with Gasteiger partial charge in [0.1, 0.15) is 5.60 Å². The maximum Gasteiger partial charge on any atom is 0.410 e. The highest BCUT2D eigenvalue weighted by Crippen LogP contribution is 2.27. The number of piperidine rings is 1. The molecule has 32 heavy (non-hydrogen) atoms. The molecule has 2 aromatic carbocycles. The molecule has 1 fully saturated rings. The van der Waals surface area contributed by atoms with Crippen LogP contribution in [0.2, 0.25) is 0 Å². The van der Waals surface area contributed by atoms with Crippen molar-refractivity contribution in [2.45, 2.75) is 45.6 Å². The lowest BCUT2D eigenvalue weighted by atomic mass is 9.94. The van der Waals surface area contributed by atoms with Gasteiger partial charge < -0.3 is 15.0 Å². The van der Waals surface area contributed by atoms with Crippen LogP contribution < -0.4 is 5.32 Å². The second-order valence-corrected chi connectivity index (χ2v) is 9.18. The third-order valence-corrected chi connectivity index (χ3v) is 5.52. The van der Waals surface area contributed by atoms with Crippen molar-refractivity contribution >= 4 is 12.0 Å². The third-order valence-electron chi connectivity index (χ3n) is 5.52. The maximum atomic E-state index is 12.9. The Labute approximate surface area is 190 Å². The molecule has 1 heterocycles. The number of benzene rings is 2. The molecule has 1 atom stereocenters. The summed E-state index contributed by atoms with van der Waals surface area (Å²) in [7, 11) is 0. The fourth-order valence-electron chi connectivity index (χ4n) is 4.01. The largest absolute Gasteiger partial charge is 0.444 e. The van der Waals surface area contributed by atoms with E-state index >= 15 is 0 Å². The van der Waals surface area contributed by atoms with Crippen LogP contribution in [0.1, 0.15) is 56.0 Å². The van der Waals surface area contributed by atoms with E-state index in [4.69, 9.17) is 4.74 Å². The van der Waals surface area contributed by atoms with E-state index in [0.29, 0.717) is 36.7 Å². The van der Waals surface area contributed by atoms with E-state index in [1.165, 1.54) is 0 Å². The molecule has 6 heteroatoms. The fourth-order valence-corrected chi connectivity index (χ4v) is 4.01. The molecule has 168 valence electrons. The van der Waals surface area contributed by atoms with Gasteiger partial charge in [0, 0.05) is 30.8 Å². The molecular formula is C26H31N3O3. The average Bonchev–Trinajstić information content (AvgIpc) is 2.78. The van der Waals surface area contributed by atoms with Crippen molar-refractivity contribution in [3.63, 3.8) is 0 Å². The number of nitrogens with zero attached hydrogens (tertiary/aromatic N) is 2. The zero-order valence-electron chi connectivity index (χ0n) is 19.1. The van der Waals surface area contributed by atoms with Gasteiger partial charge in [-0.05, 0) is 63.6 Å². The summed E-state index contributed by atoms with van der Waals surface area (Å²) in [5.74, 6) is 0.166. The van der Waals surface area contributed by atoms with Gasteiger partial charge in [0.2, 0.25) is 0 Å². The normalized spacial score (nSPS) is 16.2. The van der Waals surface area contributed by atoms with Crippen LogP contribution in [0.5, 0.6) is 0 Å². The maximum absolute atomic E-state index is 12.9. The second kappa shape index (κ2) is 10.3. The molecule has 1 aliphatic heterocycles. The molecule has 0 aliphatic carbocycles. The van der Waals surface area contributed by atoms with Gasteiger partial charge in [-0.3, -0.25) is 4.79 Å². The molecule has 1 aliphatic rings. The van der Waals surface area contributed by atoms with Crippen LogP contribution in [0.15, 0.2) is 48.5 Å². The van der Waals surface area contributed by atoms with Crippen LogP contribution in [0.3, 0.4) is 0 Å². The Kier molecular flexibility index (Phi) is 7.53. The minimum Gasteiger partial charge on any atom is -0.444 e. The number of amides is 2. The van der Waals surface area contributed by atoms with E-state index in [9.17, 15) is 14.9 Å². The Hall–Kier alpha value is -3.33. The van der Waals surface area contributed by atoms with Gasteiger partial charge in [0.05, 0.1) is 11.6 Å². The number of hydrogen-bond acceptors (Lipinski definition) is 4. The van der Waals surface area contributed by atoms with Gasteiger partial charge in [-0.1, -0.05) is 36.4 Å². The number of nitriles is 1. The average molecular weight is 434 g/mol. The molecule has 0 radical (unpaired) electrons. The minimum absolute atomic E-state index is 0.159. The third kappa shape index (κ3) is 6.10. The Balaban J connectivity index is 1.59. The Bertz CT molecular complexity index is 1000. The summed E-state index contributed by atoms with van der Waals surface area (Å²) in [6, 6.07) is 16.8. The van der Waals surface area contributed by atoms with Crippen LogP contribution in [0.25, 0.3) is 11.1 Å². The van der Waals surface area contributed by atoms with Crippen molar-refractivity contribution in [1.82, 2.24) is 10.2 Å². The molecule has 0 spiro atoms. The van der Waals surface area contributed by atoms with Crippen molar-refractivity contribution in [3.05, 3.63) is 59.7 Å². The second-order valence-electron chi connectivity index (χ2n) is 9.18. The fraction of sp³-hybridized carbons (Fsp3) is 0.423. The molecule has 1 saturated heterocycles. The lowest BCUT2D eigenvalue weighted by molar-refractivity contribution is 0.0161. The Morgan fingerprint density at radius 1 is 1.12 bits per heavy atom. The quantitative estimate of drug-likeness (QED) is 0.720. The van der Waals surface area contributed by atoms with E-state index in [2.05, 4.69) is 11.4 Å². The van der Waals surface area contributed by atoms with Crippen molar-refractivity contribution in [3.8, 4) is 17.2 Å². The zero-order chi connectivity index (χ0) is 23.1. The molecule has 1 unspecified atom stereocenters. The topological polar surface area (TPSA) is 82.4 Å². The standard InChI is InChI=1S/C26H31N3O3/c1-26(2,3)32-25(31)29-16-8-9-19(18-29)14-15-28-24(30)23-13-7-6-12-22(23)21-11-5-4-10-20(21)17-27/h4-7,10-13,19H,8-9,14-16,18H2,1-3H3,(H,28,30). The molecule has 6 nitrogen and oxygen atoms in total. The first-order valence-corrected chi connectivity index (χ1v) is 11.1. The summed E-state index contributed by atoms with van der Waals surface area (Å²) >= 11 is 0. The number of hydrogen-bond donors (Lipinski definition) is 1. The van der Waals surface area contributed by atoms with E-state index in [0.717, 1.165) is 30.4 Å². The number of ether oxygens (including phenoxy) is 1. The molecule has 1 N–H and O–H groups in total. The summed E-state index contributed by atoms with van der Waals surface area (Å²) < 4.78 is 5.49. The molecule has 0 aromatic heterocycles. The summed E-state index contributed by atoms with van der Waals surface area (Å²) in [4.78, 5) is 27.1. The first kappa shape index (κ1) is 23.3. The van der Waals surface area contributed by atoms with E-state index in [1.807, 2.05) is 57.2 Å². The number of rotatable bonds is 5. The van der Waals surface area contributed by atoms with Crippen LogP contribution in [0, 0.1) is 17.2 Å². The first-order valence-electron chi connectivity index (χ1n) is 11.1. The highest BCUT2D eigenvalue weighted by molar-refractivity contribution is 6.01. The minimum atomic E-state index is -0.504. The van der Waals surface area contributed by atoms with Crippen LogP contribution in [-0.2, 0) is 4.74 Å². The van der Waals surface area contributed by atoms with Gasteiger partial charge in [-0.15, -0.1) is 0 Å². The summed E-state index contributed by atoms with van der Waals surface area (Å²) in [6.07, 6.45) is 2.49. The van der Waals surface area contributed by atoms with E-state index < -0.39 is 5.60 Å². The van der Waals surface area contributed by atoms with Crippen molar-refractivity contribution < 1.29 is 14.3 Å². The number of nitrogens with one attached hydrogen (secondary N) is 1. The number of carbonyl (C=O) groups is 2. The van der Waals surface area contributed by atoms with Gasteiger partial charge in [0.15, 0.2) is 0 Å². The van der Waals surface area contributed by atoms with Crippen LogP contribution >= 0.6 is 0 Å². The SMILES string of the molecule is CC(C)(C)OC(=O)N1CCCC(CCNC(=O)c2ccccc2-c2ccccc2C#N)C1. The monoisotopic (exact) mass is 433 g/mol. The zero-order valence-corrected chi connectivity index (χ0v) is 19.1. The molecule has 0 saturated carbocycles. The lowest BCUT2D eigenvalue weighted by Gasteiger charge is -2.34.